The van der Waals surface area contributed by atoms with E-state index >= 15 is 0 Å². The third kappa shape index (κ3) is 3.97. The fourth-order valence-corrected chi connectivity index (χ4v) is 4.94. The Labute approximate surface area is 205 Å². The number of nitrogens with zero attached hydrogens (tertiary/aromatic N) is 2. The minimum Gasteiger partial charge on any atom is -0.462 e. The summed E-state index contributed by atoms with van der Waals surface area (Å²) in [6, 6.07) is 26.2. The maximum atomic E-state index is 5.85. The first-order valence-corrected chi connectivity index (χ1v) is 12.4. The maximum Gasteiger partial charge on any atom is 0.160 e. The number of hydrogen-bond acceptors (Lipinski definition) is 3. The molecule has 0 N–H and O–H groups in total. The third-order valence-corrected chi connectivity index (χ3v) is 6.75. The van der Waals surface area contributed by atoms with Crippen molar-refractivity contribution in [3.8, 4) is 22.4 Å². The predicted molar refractivity (Wildman–Crippen MR) is 146 cm³/mol. The number of rotatable bonds is 5. The number of aryl methyl sites for hydroxylation is 1. The standard InChI is InChI=1S/C32H28N2O/c1-4-21-5-6-23-17-24(8-7-22(23)16-21)25-11-13-33-30(19-25)29-18-26-12-14-35-32(26)31-28(29)10-9-27(34-31)15-20(2)3/h5-14,16-20H,4,15H2,1-3H3. The molecule has 0 radical (unpaired) electrons. The third-order valence-electron chi connectivity index (χ3n) is 6.75. The molecule has 3 aromatic heterocycles. The lowest BCUT2D eigenvalue weighted by molar-refractivity contribution is 0.616. The zero-order valence-corrected chi connectivity index (χ0v) is 20.4. The highest BCUT2D eigenvalue weighted by atomic mass is 16.3. The van der Waals surface area contributed by atoms with Crippen molar-refractivity contribution >= 4 is 32.6 Å². The van der Waals surface area contributed by atoms with Gasteiger partial charge in [0.05, 0.1) is 12.0 Å². The molecular formula is C32H28N2O. The van der Waals surface area contributed by atoms with Gasteiger partial charge < -0.3 is 4.42 Å². The molecule has 0 spiro atoms. The summed E-state index contributed by atoms with van der Waals surface area (Å²) in [6.07, 6.45) is 5.64. The van der Waals surface area contributed by atoms with Crippen molar-refractivity contribution in [2.75, 3.05) is 0 Å². The van der Waals surface area contributed by atoms with E-state index in [1.807, 2.05) is 12.3 Å². The Kier molecular flexibility index (Phi) is 5.33. The van der Waals surface area contributed by atoms with Gasteiger partial charge in [0.1, 0.15) is 5.52 Å². The summed E-state index contributed by atoms with van der Waals surface area (Å²) in [6.45, 7) is 6.63. The maximum absolute atomic E-state index is 5.85. The van der Waals surface area contributed by atoms with Crippen LogP contribution in [0.25, 0.3) is 55.0 Å². The van der Waals surface area contributed by atoms with Gasteiger partial charge in [0.2, 0.25) is 0 Å². The topological polar surface area (TPSA) is 38.9 Å². The molecule has 172 valence electrons. The molecule has 35 heavy (non-hydrogen) atoms. The number of hydrogen-bond donors (Lipinski definition) is 0. The second kappa shape index (κ2) is 8.66. The molecular weight excluding hydrogens is 428 g/mol. The van der Waals surface area contributed by atoms with Gasteiger partial charge in [0.25, 0.3) is 0 Å². The highest BCUT2D eigenvalue weighted by molar-refractivity contribution is 6.09. The average molecular weight is 457 g/mol. The highest BCUT2D eigenvalue weighted by Gasteiger charge is 2.15. The van der Waals surface area contributed by atoms with Crippen LogP contribution in [0, 0.1) is 5.92 Å². The van der Waals surface area contributed by atoms with Gasteiger partial charge >= 0.3 is 0 Å². The lowest BCUT2D eigenvalue weighted by Crippen LogP contribution is -1.98. The van der Waals surface area contributed by atoms with Crippen molar-refractivity contribution in [1.29, 1.82) is 0 Å². The van der Waals surface area contributed by atoms with Crippen LogP contribution < -0.4 is 0 Å². The predicted octanol–water partition coefficient (Wildman–Crippen LogP) is 8.62. The summed E-state index contributed by atoms with van der Waals surface area (Å²) < 4.78 is 5.85. The van der Waals surface area contributed by atoms with Gasteiger partial charge in [-0.25, -0.2) is 4.98 Å². The van der Waals surface area contributed by atoms with Crippen molar-refractivity contribution in [1.82, 2.24) is 9.97 Å². The molecule has 3 heteroatoms. The smallest absolute Gasteiger partial charge is 0.160 e. The van der Waals surface area contributed by atoms with Crippen LogP contribution in [0.2, 0.25) is 0 Å². The lowest BCUT2D eigenvalue weighted by Gasteiger charge is -2.11. The van der Waals surface area contributed by atoms with Crippen LogP contribution >= 0.6 is 0 Å². The van der Waals surface area contributed by atoms with Gasteiger partial charge in [0, 0.05) is 28.2 Å². The Morgan fingerprint density at radius 2 is 1.63 bits per heavy atom. The largest absolute Gasteiger partial charge is 0.462 e. The van der Waals surface area contributed by atoms with Crippen LogP contribution in [0.15, 0.2) is 89.7 Å². The first-order valence-electron chi connectivity index (χ1n) is 12.4. The second-order valence-corrected chi connectivity index (χ2v) is 9.74. The fraction of sp³-hybridized carbons (Fsp3) is 0.188. The van der Waals surface area contributed by atoms with Crippen LogP contribution in [0.5, 0.6) is 0 Å². The monoisotopic (exact) mass is 456 g/mol. The molecule has 0 saturated carbocycles. The number of aromatic nitrogens is 2. The summed E-state index contributed by atoms with van der Waals surface area (Å²) in [7, 11) is 0. The molecule has 0 saturated heterocycles. The molecule has 0 aliphatic heterocycles. The summed E-state index contributed by atoms with van der Waals surface area (Å²) >= 11 is 0. The summed E-state index contributed by atoms with van der Waals surface area (Å²) in [5.74, 6) is 0.545. The van der Waals surface area contributed by atoms with E-state index in [0.29, 0.717) is 5.92 Å². The second-order valence-electron chi connectivity index (χ2n) is 9.74. The van der Waals surface area contributed by atoms with Gasteiger partial charge in [-0.1, -0.05) is 57.2 Å². The van der Waals surface area contributed by atoms with Gasteiger partial charge in [-0.2, -0.15) is 0 Å². The minimum atomic E-state index is 0.545. The fourth-order valence-electron chi connectivity index (χ4n) is 4.94. The quantitative estimate of drug-likeness (QED) is 0.261. The number of pyridine rings is 2. The van der Waals surface area contributed by atoms with Crippen molar-refractivity contribution in [3.63, 3.8) is 0 Å². The zero-order valence-electron chi connectivity index (χ0n) is 20.4. The number of benzene rings is 3. The lowest BCUT2D eigenvalue weighted by atomic mass is 9.97. The minimum absolute atomic E-state index is 0.545. The van der Waals surface area contributed by atoms with Crippen LogP contribution in [0.3, 0.4) is 0 Å². The molecule has 3 aromatic carbocycles. The molecule has 6 aromatic rings. The van der Waals surface area contributed by atoms with E-state index in [0.717, 1.165) is 57.2 Å². The van der Waals surface area contributed by atoms with E-state index in [1.54, 1.807) is 6.26 Å². The van der Waals surface area contributed by atoms with Crippen LogP contribution in [0.1, 0.15) is 32.0 Å². The first kappa shape index (κ1) is 21.5. The Hall–Kier alpha value is -3.98. The van der Waals surface area contributed by atoms with E-state index in [9.17, 15) is 0 Å². The van der Waals surface area contributed by atoms with Crippen LogP contribution in [-0.2, 0) is 12.8 Å². The Morgan fingerprint density at radius 1 is 0.800 bits per heavy atom. The van der Waals surface area contributed by atoms with E-state index in [2.05, 4.69) is 87.5 Å². The van der Waals surface area contributed by atoms with Gasteiger partial charge in [0.15, 0.2) is 5.58 Å². The van der Waals surface area contributed by atoms with Crippen molar-refractivity contribution < 1.29 is 4.42 Å². The van der Waals surface area contributed by atoms with Crippen molar-refractivity contribution in [2.24, 2.45) is 5.92 Å². The summed E-state index contributed by atoms with van der Waals surface area (Å²) in [5, 5.41) is 4.65. The molecule has 0 atom stereocenters. The molecule has 6 rings (SSSR count). The van der Waals surface area contributed by atoms with E-state index in [-0.39, 0.29) is 0 Å². The SMILES string of the molecule is CCc1ccc2cc(-c3ccnc(-c4cc5ccoc5c5nc(CC(C)C)ccc45)c3)ccc2c1. The number of fused-ring (bicyclic) bond motifs is 4. The molecule has 0 aliphatic rings. The molecule has 0 unspecified atom stereocenters. The highest BCUT2D eigenvalue weighted by Crippen LogP contribution is 2.36. The molecule has 0 bridgehead atoms. The van der Waals surface area contributed by atoms with Gasteiger partial charge in [-0.15, -0.1) is 0 Å². The molecule has 0 aliphatic carbocycles. The average Bonchev–Trinajstić information content (AvgIpc) is 3.36. The number of furan rings is 1. The van der Waals surface area contributed by atoms with Gasteiger partial charge in [-0.3, -0.25) is 4.98 Å². The van der Waals surface area contributed by atoms with Gasteiger partial charge in [-0.05, 0) is 82.6 Å². The van der Waals surface area contributed by atoms with E-state index in [4.69, 9.17) is 14.4 Å². The molecule has 0 amide bonds. The normalized spacial score (nSPS) is 11.8. The molecule has 3 nitrogen and oxygen atoms in total. The Balaban J connectivity index is 1.48. The zero-order chi connectivity index (χ0) is 23.9. The van der Waals surface area contributed by atoms with Crippen LogP contribution in [0.4, 0.5) is 0 Å². The van der Waals surface area contributed by atoms with Crippen molar-refractivity contribution in [2.45, 2.75) is 33.6 Å². The van der Waals surface area contributed by atoms with E-state index < -0.39 is 0 Å². The summed E-state index contributed by atoms with van der Waals surface area (Å²) in [5.41, 5.74) is 8.56. The Morgan fingerprint density at radius 3 is 2.49 bits per heavy atom. The molecule has 0 fully saturated rings. The first-order chi connectivity index (χ1) is 17.1. The van der Waals surface area contributed by atoms with Crippen molar-refractivity contribution in [3.05, 3.63) is 96.5 Å². The Bertz CT molecular complexity index is 1690. The van der Waals surface area contributed by atoms with Crippen LogP contribution in [-0.4, -0.2) is 9.97 Å². The summed E-state index contributed by atoms with van der Waals surface area (Å²) in [4.78, 5) is 9.78. The molecule has 3 heterocycles. The van der Waals surface area contributed by atoms with E-state index in [1.165, 1.54) is 21.9 Å².